The molecular weight excluding hydrogens is 248 g/mol. The van der Waals surface area contributed by atoms with E-state index in [0.717, 1.165) is 38.5 Å². The maximum atomic E-state index is 11.5. The molecule has 0 unspecified atom stereocenters. The van der Waals surface area contributed by atoms with E-state index in [0.29, 0.717) is 25.7 Å². The zero-order chi connectivity index (χ0) is 13.9. The molecule has 0 amide bonds. The third-order valence-corrected chi connectivity index (χ3v) is 5.00. The molecule has 0 saturated heterocycles. The van der Waals surface area contributed by atoms with Gasteiger partial charge in [0, 0.05) is 35.5 Å². The van der Waals surface area contributed by atoms with Gasteiger partial charge in [-0.2, -0.15) is 0 Å². The van der Waals surface area contributed by atoms with Crippen molar-refractivity contribution in [1.82, 2.24) is 0 Å². The molecule has 2 rings (SSSR count). The molecule has 0 aromatic heterocycles. The predicted molar refractivity (Wildman–Crippen MR) is 70.2 cm³/mol. The van der Waals surface area contributed by atoms with Gasteiger partial charge in [0.1, 0.15) is 0 Å². The molecule has 0 radical (unpaired) electrons. The molecule has 2 aliphatic carbocycles. The fourth-order valence-electron chi connectivity index (χ4n) is 3.88. The van der Waals surface area contributed by atoms with Crippen LogP contribution in [0, 0.1) is 20.2 Å². The Morgan fingerprint density at radius 3 is 1.26 bits per heavy atom. The Hall–Kier alpha value is -1.20. The fraction of sp³-hybridized carbons (Fsp3) is 1.00. The summed E-state index contributed by atoms with van der Waals surface area (Å²) in [5.41, 5.74) is -2.08. The van der Waals surface area contributed by atoms with Crippen LogP contribution in [0.25, 0.3) is 0 Å². The molecule has 0 atom stereocenters. The third kappa shape index (κ3) is 2.72. The Labute approximate surface area is 112 Å². The van der Waals surface area contributed by atoms with Crippen molar-refractivity contribution in [3.05, 3.63) is 20.2 Å². The quantitative estimate of drug-likeness (QED) is 0.579. The normalized spacial score (nSPS) is 25.7. The van der Waals surface area contributed by atoms with E-state index in [1.54, 1.807) is 0 Å². The van der Waals surface area contributed by atoms with Crippen LogP contribution >= 0.6 is 0 Å². The van der Waals surface area contributed by atoms with Crippen LogP contribution in [0.5, 0.6) is 0 Å². The second kappa shape index (κ2) is 5.43. The van der Waals surface area contributed by atoms with Crippen molar-refractivity contribution in [3.63, 3.8) is 0 Å². The molecule has 2 fully saturated rings. The van der Waals surface area contributed by atoms with E-state index in [9.17, 15) is 20.2 Å². The average molecular weight is 270 g/mol. The van der Waals surface area contributed by atoms with Gasteiger partial charge >= 0.3 is 0 Å². The van der Waals surface area contributed by atoms with E-state index in [1.165, 1.54) is 0 Å². The largest absolute Gasteiger partial charge is 0.264 e. The molecule has 0 spiro atoms. The summed E-state index contributed by atoms with van der Waals surface area (Å²) in [6, 6.07) is 0. The summed E-state index contributed by atoms with van der Waals surface area (Å²) < 4.78 is 0. The standard InChI is InChI=1S/C13H22N2O4/c16-14(17)12(7-3-1-4-8-12)11-13(15(18)19)9-5-2-6-10-13/h1-11H2. The summed E-state index contributed by atoms with van der Waals surface area (Å²) in [5.74, 6) is 0. The summed E-state index contributed by atoms with van der Waals surface area (Å²) in [7, 11) is 0. The Morgan fingerprint density at radius 2 is 1.00 bits per heavy atom. The van der Waals surface area contributed by atoms with Crippen molar-refractivity contribution >= 4 is 0 Å². The van der Waals surface area contributed by atoms with E-state index in [4.69, 9.17) is 0 Å². The Bertz CT molecular complexity index is 324. The molecule has 6 heteroatoms. The van der Waals surface area contributed by atoms with Crippen LogP contribution < -0.4 is 0 Å². The van der Waals surface area contributed by atoms with E-state index >= 15 is 0 Å². The molecule has 6 nitrogen and oxygen atoms in total. The smallest absolute Gasteiger partial charge is 0.229 e. The first-order valence-electron chi connectivity index (χ1n) is 7.30. The van der Waals surface area contributed by atoms with Crippen molar-refractivity contribution < 1.29 is 9.85 Å². The van der Waals surface area contributed by atoms with Gasteiger partial charge in [-0.3, -0.25) is 20.2 Å². The van der Waals surface area contributed by atoms with E-state index in [2.05, 4.69) is 0 Å². The van der Waals surface area contributed by atoms with Crippen LogP contribution in [-0.2, 0) is 0 Å². The van der Waals surface area contributed by atoms with Gasteiger partial charge in [-0.1, -0.05) is 12.8 Å². The lowest BCUT2D eigenvalue weighted by molar-refractivity contribution is -0.620. The van der Waals surface area contributed by atoms with Gasteiger partial charge in [0.25, 0.3) is 0 Å². The van der Waals surface area contributed by atoms with Gasteiger partial charge in [0.05, 0.1) is 6.42 Å². The van der Waals surface area contributed by atoms with E-state index in [-0.39, 0.29) is 16.3 Å². The number of nitro groups is 2. The minimum Gasteiger partial charge on any atom is -0.264 e. The van der Waals surface area contributed by atoms with E-state index in [1.807, 2.05) is 0 Å². The van der Waals surface area contributed by atoms with Crippen molar-refractivity contribution in [3.8, 4) is 0 Å². The van der Waals surface area contributed by atoms with Gasteiger partial charge in [-0.05, 0) is 25.7 Å². The molecular formula is C13H22N2O4. The Morgan fingerprint density at radius 1 is 0.684 bits per heavy atom. The molecule has 0 heterocycles. The molecule has 108 valence electrons. The second-order valence-corrected chi connectivity index (χ2v) is 6.26. The monoisotopic (exact) mass is 270 g/mol. The van der Waals surface area contributed by atoms with Gasteiger partial charge in [-0.15, -0.1) is 0 Å². The zero-order valence-corrected chi connectivity index (χ0v) is 11.3. The summed E-state index contributed by atoms with van der Waals surface area (Å²) in [6.07, 6.45) is 7.52. The lowest BCUT2D eigenvalue weighted by Crippen LogP contribution is -2.52. The molecule has 0 N–H and O–H groups in total. The van der Waals surface area contributed by atoms with Gasteiger partial charge in [-0.25, -0.2) is 0 Å². The molecule has 0 bridgehead atoms. The fourth-order valence-corrected chi connectivity index (χ4v) is 3.88. The van der Waals surface area contributed by atoms with Gasteiger partial charge in [0.2, 0.25) is 11.1 Å². The van der Waals surface area contributed by atoms with E-state index < -0.39 is 11.1 Å². The first-order chi connectivity index (χ1) is 9.01. The van der Waals surface area contributed by atoms with Crippen molar-refractivity contribution in [2.45, 2.75) is 81.7 Å². The van der Waals surface area contributed by atoms with Crippen molar-refractivity contribution in [2.24, 2.45) is 0 Å². The summed E-state index contributed by atoms with van der Waals surface area (Å²) in [5, 5.41) is 23.0. The average Bonchev–Trinajstić information content (AvgIpc) is 2.40. The van der Waals surface area contributed by atoms with Gasteiger partial charge in [0.15, 0.2) is 0 Å². The number of nitrogens with zero attached hydrogens (tertiary/aromatic N) is 2. The zero-order valence-electron chi connectivity index (χ0n) is 11.3. The molecule has 0 aliphatic heterocycles. The summed E-state index contributed by atoms with van der Waals surface area (Å²) in [4.78, 5) is 22.6. The van der Waals surface area contributed by atoms with Crippen LogP contribution in [-0.4, -0.2) is 20.9 Å². The lowest BCUT2D eigenvalue weighted by Gasteiger charge is -2.36. The Balaban J connectivity index is 2.22. The maximum Gasteiger partial charge on any atom is 0.229 e. The third-order valence-electron chi connectivity index (χ3n) is 5.00. The van der Waals surface area contributed by atoms with Crippen LogP contribution in [0.2, 0.25) is 0 Å². The Kier molecular flexibility index (Phi) is 4.06. The highest BCUT2D eigenvalue weighted by Crippen LogP contribution is 2.43. The van der Waals surface area contributed by atoms with Gasteiger partial charge < -0.3 is 0 Å². The second-order valence-electron chi connectivity index (χ2n) is 6.26. The SMILES string of the molecule is O=[N+]([O-])C1(CC2([N+](=O)[O-])CCCCC2)CCCCC1. The van der Waals surface area contributed by atoms with Crippen LogP contribution in [0.3, 0.4) is 0 Å². The topological polar surface area (TPSA) is 86.3 Å². The lowest BCUT2D eigenvalue weighted by atomic mass is 9.69. The highest BCUT2D eigenvalue weighted by molar-refractivity contribution is 4.94. The maximum absolute atomic E-state index is 11.5. The number of hydrogen-bond donors (Lipinski definition) is 0. The molecule has 19 heavy (non-hydrogen) atoms. The van der Waals surface area contributed by atoms with Crippen LogP contribution in [0.15, 0.2) is 0 Å². The highest BCUT2D eigenvalue weighted by atomic mass is 16.6. The highest BCUT2D eigenvalue weighted by Gasteiger charge is 2.56. The number of hydrogen-bond acceptors (Lipinski definition) is 4. The minimum atomic E-state index is -1.04. The van der Waals surface area contributed by atoms with Crippen molar-refractivity contribution in [1.29, 1.82) is 0 Å². The van der Waals surface area contributed by atoms with Crippen molar-refractivity contribution in [2.75, 3.05) is 0 Å². The molecule has 0 aromatic rings. The molecule has 2 saturated carbocycles. The summed E-state index contributed by atoms with van der Waals surface area (Å²) >= 11 is 0. The molecule has 0 aromatic carbocycles. The predicted octanol–water partition coefficient (Wildman–Crippen LogP) is 3.34. The molecule has 2 aliphatic rings. The first kappa shape index (κ1) is 14.2. The number of rotatable bonds is 4. The summed E-state index contributed by atoms with van der Waals surface area (Å²) in [6.45, 7) is 0. The van der Waals surface area contributed by atoms with Crippen LogP contribution in [0.4, 0.5) is 0 Å². The minimum absolute atomic E-state index is 0.139. The van der Waals surface area contributed by atoms with Crippen LogP contribution in [0.1, 0.15) is 70.6 Å². The first-order valence-corrected chi connectivity index (χ1v) is 7.30.